The minimum Gasteiger partial charge on any atom is -0.456 e. The first-order valence-electron chi connectivity index (χ1n) is 17.1. The molecule has 11 heteroatoms. The summed E-state index contributed by atoms with van der Waals surface area (Å²) < 4.78 is 19.7. The van der Waals surface area contributed by atoms with Crippen LogP contribution in [0.1, 0.15) is 53.6 Å². The molecule has 260 valence electrons. The van der Waals surface area contributed by atoms with Crippen molar-refractivity contribution in [2.75, 3.05) is 34.3 Å². The molecular formula is C38H45N3O8. The Morgan fingerprint density at radius 2 is 1.65 bits per heavy atom. The number of nitrogens with zero attached hydrogens (tertiary/aromatic N) is 2. The molecule has 0 unspecified atom stereocenters. The zero-order chi connectivity index (χ0) is 34.7. The van der Waals surface area contributed by atoms with Crippen molar-refractivity contribution in [2.45, 2.75) is 68.7 Å². The minimum atomic E-state index is -0.859. The molecule has 3 aliphatic carbocycles. The molecule has 2 N–H and O–H groups in total. The summed E-state index contributed by atoms with van der Waals surface area (Å²) in [6.07, 6.45) is 7.01. The lowest BCUT2D eigenvalue weighted by Gasteiger charge is -2.33. The van der Waals surface area contributed by atoms with Gasteiger partial charge in [-0.3, -0.25) is 14.4 Å². The molecule has 0 aromatic heterocycles. The van der Waals surface area contributed by atoms with E-state index in [1.54, 1.807) is 57.6 Å². The Kier molecular flexibility index (Phi) is 10.3. The smallest absolute Gasteiger partial charge is 0.339 e. The number of hydrogen-bond acceptors (Lipinski definition) is 8. The standard InChI is InChI=1S/C38H45N3O8/c1-40(2)33(43)18-13-25-11-7-8-12-29(25)37(46)47-31-22-26(23-32-34(31)49-38(48-32,27-14-15-27)28-16-17-28)36(45)41(3)30(35(44)39-19-20-42)21-24-9-5-4-6-10-24/h4-13,18,23,27-28,30-32,34,42H,14-17,19-22H2,1-3H3,(H,39,44)/t30-,31-,32-,34+/m1/s1. The van der Waals surface area contributed by atoms with Crippen LogP contribution in [0.3, 0.4) is 0 Å². The topological polar surface area (TPSA) is 135 Å². The van der Waals surface area contributed by atoms with E-state index in [0.29, 0.717) is 11.1 Å². The molecule has 1 aliphatic heterocycles. The third kappa shape index (κ3) is 7.64. The molecule has 11 nitrogen and oxygen atoms in total. The van der Waals surface area contributed by atoms with Crippen LogP contribution in [0.5, 0.6) is 0 Å². The second-order valence-electron chi connectivity index (χ2n) is 13.6. The van der Waals surface area contributed by atoms with Gasteiger partial charge in [-0.25, -0.2) is 4.79 Å². The maximum absolute atomic E-state index is 14.3. The van der Waals surface area contributed by atoms with Gasteiger partial charge in [-0.05, 0) is 55.0 Å². The number of rotatable bonds is 13. The summed E-state index contributed by atoms with van der Waals surface area (Å²) in [5.41, 5.74) is 2.04. The largest absolute Gasteiger partial charge is 0.456 e. The van der Waals surface area contributed by atoms with E-state index in [1.807, 2.05) is 30.3 Å². The molecule has 2 saturated carbocycles. The second-order valence-corrected chi connectivity index (χ2v) is 13.6. The molecule has 2 aromatic carbocycles. The predicted octanol–water partition coefficient (Wildman–Crippen LogP) is 3.12. The Hall–Kier alpha value is -4.32. The fourth-order valence-corrected chi connectivity index (χ4v) is 6.81. The van der Waals surface area contributed by atoms with E-state index in [9.17, 15) is 24.3 Å². The van der Waals surface area contributed by atoms with E-state index in [1.165, 1.54) is 15.9 Å². The van der Waals surface area contributed by atoms with Crippen LogP contribution in [0, 0.1) is 11.8 Å². The summed E-state index contributed by atoms with van der Waals surface area (Å²) in [6.45, 7) is -0.166. The summed E-state index contributed by atoms with van der Waals surface area (Å²) in [5, 5.41) is 12.1. The highest BCUT2D eigenvalue weighted by Gasteiger charge is 2.64. The van der Waals surface area contributed by atoms with Crippen LogP contribution in [-0.4, -0.2) is 103 Å². The maximum atomic E-state index is 14.3. The molecule has 2 aromatic rings. The molecule has 0 bridgehead atoms. The van der Waals surface area contributed by atoms with Crippen LogP contribution in [-0.2, 0) is 35.0 Å². The highest BCUT2D eigenvalue weighted by molar-refractivity contribution is 5.98. The zero-order valence-corrected chi connectivity index (χ0v) is 28.2. The van der Waals surface area contributed by atoms with E-state index < -0.39 is 36.1 Å². The molecule has 6 rings (SSSR count). The molecular weight excluding hydrogens is 626 g/mol. The first-order chi connectivity index (χ1) is 23.6. The van der Waals surface area contributed by atoms with Gasteiger partial charge in [-0.1, -0.05) is 48.5 Å². The molecule has 0 radical (unpaired) electrons. The number of ether oxygens (including phenoxy) is 3. The molecule has 4 aliphatic rings. The molecule has 1 saturated heterocycles. The average molecular weight is 672 g/mol. The number of fused-ring (bicyclic) bond motifs is 1. The van der Waals surface area contributed by atoms with E-state index in [4.69, 9.17) is 14.2 Å². The van der Waals surface area contributed by atoms with Crippen LogP contribution < -0.4 is 5.32 Å². The van der Waals surface area contributed by atoms with Crippen molar-refractivity contribution >= 4 is 29.8 Å². The van der Waals surface area contributed by atoms with Crippen LogP contribution in [0.4, 0.5) is 0 Å². The summed E-state index contributed by atoms with van der Waals surface area (Å²) in [7, 11) is 4.88. The highest BCUT2D eigenvalue weighted by Crippen LogP contribution is 2.59. The zero-order valence-electron chi connectivity index (χ0n) is 28.2. The fraction of sp³-hybridized carbons (Fsp3) is 0.474. The number of esters is 1. The highest BCUT2D eigenvalue weighted by atomic mass is 16.8. The van der Waals surface area contributed by atoms with Gasteiger partial charge in [0.15, 0.2) is 5.79 Å². The van der Waals surface area contributed by atoms with Crippen molar-refractivity contribution in [3.63, 3.8) is 0 Å². The number of aliphatic hydroxyl groups is 1. The SMILES string of the molecule is CN(C)C(=O)C=Cc1ccccc1C(=O)O[C@@H]1CC(C(=O)N(C)[C@H](Cc2ccccc2)C(=O)NCCO)=C[C@H]2OC(C3CC3)(C3CC3)O[C@H]21. The van der Waals surface area contributed by atoms with Gasteiger partial charge in [0.2, 0.25) is 17.7 Å². The first kappa shape index (κ1) is 34.5. The van der Waals surface area contributed by atoms with Gasteiger partial charge in [0.1, 0.15) is 24.4 Å². The summed E-state index contributed by atoms with van der Waals surface area (Å²) in [6, 6.07) is 15.4. The number of benzene rings is 2. The van der Waals surface area contributed by atoms with Crippen LogP contribution in [0.15, 0.2) is 72.3 Å². The number of carbonyl (C=O) groups is 4. The average Bonchev–Trinajstić information content (AvgIpc) is 4.06. The van der Waals surface area contributed by atoms with Crippen molar-refractivity contribution < 1.29 is 38.5 Å². The third-order valence-corrected chi connectivity index (χ3v) is 9.74. The Morgan fingerprint density at radius 1 is 0.980 bits per heavy atom. The van der Waals surface area contributed by atoms with Gasteiger partial charge in [0.05, 0.1) is 12.2 Å². The number of amides is 3. The Bertz CT molecular complexity index is 1600. The van der Waals surface area contributed by atoms with Gasteiger partial charge in [0, 0.05) is 64.0 Å². The van der Waals surface area contributed by atoms with Crippen LogP contribution >= 0.6 is 0 Å². The number of likely N-dealkylation sites (N-methyl/N-ethyl adjacent to an activating group) is 2. The molecule has 4 atom stereocenters. The molecule has 49 heavy (non-hydrogen) atoms. The summed E-state index contributed by atoms with van der Waals surface area (Å²) in [4.78, 5) is 56.5. The molecule has 3 amide bonds. The first-order valence-corrected chi connectivity index (χ1v) is 17.1. The number of aliphatic hydroxyl groups excluding tert-OH is 1. The molecule has 0 spiro atoms. The van der Waals surface area contributed by atoms with Crippen LogP contribution in [0.2, 0.25) is 0 Å². The van der Waals surface area contributed by atoms with Crippen molar-refractivity contribution in [1.82, 2.24) is 15.1 Å². The number of carbonyl (C=O) groups excluding carboxylic acids is 4. The van der Waals surface area contributed by atoms with Gasteiger partial charge in [-0.15, -0.1) is 0 Å². The lowest BCUT2D eigenvalue weighted by atomic mass is 9.90. The van der Waals surface area contributed by atoms with E-state index in [2.05, 4.69) is 5.32 Å². The van der Waals surface area contributed by atoms with Crippen molar-refractivity contribution in [2.24, 2.45) is 11.8 Å². The fourth-order valence-electron chi connectivity index (χ4n) is 6.81. The normalized spacial score (nSPS) is 23.3. The minimum absolute atomic E-state index is 0.0617. The van der Waals surface area contributed by atoms with Gasteiger partial charge in [-0.2, -0.15) is 0 Å². The lowest BCUT2D eigenvalue weighted by Crippen LogP contribution is -2.51. The quantitative estimate of drug-likeness (QED) is 0.245. The van der Waals surface area contributed by atoms with E-state index in [-0.39, 0.29) is 61.1 Å². The summed E-state index contributed by atoms with van der Waals surface area (Å²) >= 11 is 0. The van der Waals surface area contributed by atoms with Gasteiger partial charge in [0.25, 0.3) is 0 Å². The van der Waals surface area contributed by atoms with Gasteiger partial charge < -0.3 is 34.4 Å². The second kappa shape index (κ2) is 14.7. The predicted molar refractivity (Wildman–Crippen MR) is 181 cm³/mol. The Labute approximate surface area is 286 Å². The number of hydrogen-bond donors (Lipinski definition) is 2. The Morgan fingerprint density at radius 3 is 2.31 bits per heavy atom. The molecule has 1 heterocycles. The monoisotopic (exact) mass is 671 g/mol. The maximum Gasteiger partial charge on any atom is 0.339 e. The summed E-state index contributed by atoms with van der Waals surface area (Å²) in [5.74, 6) is -1.86. The molecule has 3 fully saturated rings. The third-order valence-electron chi connectivity index (χ3n) is 9.74. The lowest BCUT2D eigenvalue weighted by molar-refractivity contribution is -0.209. The van der Waals surface area contributed by atoms with E-state index in [0.717, 1.165) is 31.2 Å². The van der Waals surface area contributed by atoms with Crippen molar-refractivity contribution in [3.05, 3.63) is 89.0 Å². The van der Waals surface area contributed by atoms with E-state index >= 15 is 0 Å². The van der Waals surface area contributed by atoms with Crippen molar-refractivity contribution in [3.8, 4) is 0 Å². The van der Waals surface area contributed by atoms with Crippen molar-refractivity contribution in [1.29, 1.82) is 0 Å². The van der Waals surface area contributed by atoms with Gasteiger partial charge >= 0.3 is 5.97 Å². The number of nitrogens with one attached hydrogen (secondary N) is 1. The Balaban J connectivity index is 1.28. The van der Waals surface area contributed by atoms with Crippen LogP contribution in [0.25, 0.3) is 6.08 Å².